The SMILES string of the molecule is CCOC(=O)CC(=NNC(=O)CC#N)C(F)(F)F. The van der Waals surface area contributed by atoms with Crippen molar-refractivity contribution in [3.05, 3.63) is 0 Å². The number of alkyl halides is 3. The summed E-state index contributed by atoms with van der Waals surface area (Å²) in [7, 11) is 0. The molecule has 1 amide bonds. The first-order valence-corrected chi connectivity index (χ1v) is 4.76. The maximum Gasteiger partial charge on any atom is 0.431 e. The van der Waals surface area contributed by atoms with E-state index in [2.05, 4.69) is 9.84 Å². The first-order chi connectivity index (χ1) is 8.31. The smallest absolute Gasteiger partial charge is 0.431 e. The van der Waals surface area contributed by atoms with Gasteiger partial charge >= 0.3 is 12.1 Å². The molecule has 0 aliphatic rings. The number of nitrogens with one attached hydrogen (secondary N) is 1. The third kappa shape index (κ3) is 6.47. The van der Waals surface area contributed by atoms with Crippen LogP contribution in [0, 0.1) is 11.3 Å². The van der Waals surface area contributed by atoms with Crippen molar-refractivity contribution >= 4 is 17.6 Å². The van der Waals surface area contributed by atoms with E-state index < -0.39 is 36.6 Å². The van der Waals surface area contributed by atoms with Gasteiger partial charge in [-0.1, -0.05) is 0 Å². The Hall–Kier alpha value is -2.11. The van der Waals surface area contributed by atoms with Crippen LogP contribution in [0.2, 0.25) is 0 Å². The minimum Gasteiger partial charge on any atom is -0.466 e. The second-order valence-corrected chi connectivity index (χ2v) is 2.91. The summed E-state index contributed by atoms with van der Waals surface area (Å²) in [6.45, 7) is 1.38. The normalized spacial score (nSPS) is 11.6. The lowest BCUT2D eigenvalue weighted by Gasteiger charge is -2.09. The van der Waals surface area contributed by atoms with E-state index in [1.54, 1.807) is 0 Å². The van der Waals surface area contributed by atoms with Gasteiger partial charge in [0, 0.05) is 0 Å². The maximum absolute atomic E-state index is 12.4. The topological polar surface area (TPSA) is 91.5 Å². The number of nitrogens with zero attached hydrogens (tertiary/aromatic N) is 2. The van der Waals surface area contributed by atoms with Crippen LogP contribution >= 0.6 is 0 Å². The molecule has 0 heterocycles. The van der Waals surface area contributed by atoms with Crippen molar-refractivity contribution in [1.82, 2.24) is 5.43 Å². The zero-order valence-electron chi connectivity index (χ0n) is 9.37. The Labute approximate surface area is 100 Å². The highest BCUT2D eigenvalue weighted by atomic mass is 19.4. The van der Waals surface area contributed by atoms with Gasteiger partial charge in [0.05, 0.1) is 19.1 Å². The molecule has 0 unspecified atom stereocenters. The molecule has 0 atom stereocenters. The first kappa shape index (κ1) is 15.9. The Bertz CT molecular complexity index is 385. The fourth-order valence-electron chi connectivity index (χ4n) is 0.793. The number of carbonyl (C=O) groups is 2. The Morgan fingerprint density at radius 3 is 2.50 bits per heavy atom. The van der Waals surface area contributed by atoms with Crippen LogP contribution in [0.5, 0.6) is 0 Å². The Morgan fingerprint density at radius 2 is 2.06 bits per heavy atom. The molecule has 6 nitrogen and oxygen atoms in total. The quantitative estimate of drug-likeness (QED) is 0.454. The number of nitriles is 1. The van der Waals surface area contributed by atoms with Crippen LogP contribution in [-0.2, 0) is 14.3 Å². The minimum atomic E-state index is -4.87. The molecule has 1 N–H and O–H groups in total. The molecule has 0 spiro atoms. The fraction of sp³-hybridized carbons (Fsp3) is 0.556. The highest BCUT2D eigenvalue weighted by Gasteiger charge is 2.37. The minimum absolute atomic E-state index is 0.0647. The predicted molar refractivity (Wildman–Crippen MR) is 53.1 cm³/mol. The molecule has 0 saturated heterocycles. The number of rotatable bonds is 5. The van der Waals surface area contributed by atoms with Gasteiger partial charge in [-0.3, -0.25) is 9.59 Å². The van der Waals surface area contributed by atoms with E-state index >= 15 is 0 Å². The number of esters is 1. The van der Waals surface area contributed by atoms with E-state index in [9.17, 15) is 22.8 Å². The molecule has 0 bridgehead atoms. The van der Waals surface area contributed by atoms with Gasteiger partial charge in [0.15, 0.2) is 5.71 Å². The second kappa shape index (κ2) is 7.26. The van der Waals surface area contributed by atoms with Crippen LogP contribution in [0.1, 0.15) is 19.8 Å². The van der Waals surface area contributed by atoms with Crippen molar-refractivity contribution in [3.8, 4) is 6.07 Å². The average molecular weight is 265 g/mol. The molecule has 0 aromatic heterocycles. The maximum atomic E-state index is 12.4. The van der Waals surface area contributed by atoms with Crippen molar-refractivity contribution in [2.24, 2.45) is 5.10 Å². The second-order valence-electron chi connectivity index (χ2n) is 2.91. The van der Waals surface area contributed by atoms with Gasteiger partial charge in [0.2, 0.25) is 0 Å². The van der Waals surface area contributed by atoms with Gasteiger partial charge in [-0.15, -0.1) is 0 Å². The molecular formula is C9H10F3N3O3. The molecule has 0 aromatic rings. The number of hydrogen-bond donors (Lipinski definition) is 1. The standard InChI is InChI=1S/C9H10F3N3O3/c1-2-18-8(17)5-6(9(10,11)12)14-15-7(16)3-4-13/h2-3,5H2,1H3,(H,15,16). The predicted octanol–water partition coefficient (Wildman–Crippen LogP) is 0.888. The highest BCUT2D eigenvalue weighted by molar-refractivity contribution is 6.02. The Kier molecular flexibility index (Phi) is 6.41. The van der Waals surface area contributed by atoms with E-state index in [1.807, 2.05) is 0 Å². The summed E-state index contributed by atoms with van der Waals surface area (Å²) in [5.74, 6) is -2.11. The van der Waals surface area contributed by atoms with E-state index in [0.717, 1.165) is 0 Å². The summed E-state index contributed by atoms with van der Waals surface area (Å²) in [5.41, 5.74) is 0.0431. The van der Waals surface area contributed by atoms with E-state index in [1.165, 1.54) is 18.4 Å². The van der Waals surface area contributed by atoms with E-state index in [0.29, 0.717) is 0 Å². The lowest BCUT2D eigenvalue weighted by atomic mass is 10.2. The molecule has 0 radical (unpaired) electrons. The van der Waals surface area contributed by atoms with Crippen molar-refractivity contribution in [3.63, 3.8) is 0 Å². The van der Waals surface area contributed by atoms with E-state index in [4.69, 9.17) is 5.26 Å². The van der Waals surface area contributed by atoms with Gasteiger partial charge in [0.1, 0.15) is 6.42 Å². The lowest BCUT2D eigenvalue weighted by molar-refractivity contribution is -0.142. The van der Waals surface area contributed by atoms with Crippen LogP contribution < -0.4 is 5.43 Å². The highest BCUT2D eigenvalue weighted by Crippen LogP contribution is 2.19. The Balaban J connectivity index is 4.70. The van der Waals surface area contributed by atoms with Gasteiger partial charge in [-0.05, 0) is 6.92 Å². The number of carbonyl (C=O) groups excluding carboxylic acids is 2. The third-order valence-electron chi connectivity index (χ3n) is 1.50. The largest absolute Gasteiger partial charge is 0.466 e. The summed E-state index contributed by atoms with van der Waals surface area (Å²) in [4.78, 5) is 21.7. The Morgan fingerprint density at radius 1 is 1.44 bits per heavy atom. The summed E-state index contributed by atoms with van der Waals surface area (Å²) >= 11 is 0. The molecule has 0 aromatic carbocycles. The monoisotopic (exact) mass is 265 g/mol. The van der Waals surface area contributed by atoms with Gasteiger partial charge in [-0.25, -0.2) is 5.43 Å². The van der Waals surface area contributed by atoms with Crippen molar-refractivity contribution in [2.75, 3.05) is 6.61 Å². The van der Waals surface area contributed by atoms with Crippen molar-refractivity contribution in [1.29, 1.82) is 5.26 Å². The molecule has 9 heteroatoms. The van der Waals surface area contributed by atoms with Crippen LogP contribution in [0.3, 0.4) is 0 Å². The first-order valence-electron chi connectivity index (χ1n) is 4.76. The molecule has 0 aliphatic heterocycles. The molecule has 0 fully saturated rings. The number of ether oxygens (including phenoxy) is 1. The van der Waals surface area contributed by atoms with Crippen LogP contribution in [0.4, 0.5) is 13.2 Å². The molecular weight excluding hydrogens is 255 g/mol. The molecule has 0 rings (SSSR count). The number of halogens is 3. The zero-order valence-corrected chi connectivity index (χ0v) is 9.37. The summed E-state index contributed by atoms with van der Waals surface area (Å²) < 4.78 is 41.5. The van der Waals surface area contributed by atoms with Crippen LogP contribution in [0.15, 0.2) is 5.10 Å². The fourth-order valence-corrected chi connectivity index (χ4v) is 0.793. The van der Waals surface area contributed by atoms with Gasteiger partial charge < -0.3 is 4.74 Å². The van der Waals surface area contributed by atoms with Crippen molar-refractivity contribution in [2.45, 2.75) is 25.9 Å². The molecule has 18 heavy (non-hydrogen) atoms. The number of hydrogen-bond acceptors (Lipinski definition) is 5. The van der Waals surface area contributed by atoms with Gasteiger partial charge in [0.25, 0.3) is 5.91 Å². The van der Waals surface area contributed by atoms with E-state index in [-0.39, 0.29) is 6.61 Å². The van der Waals surface area contributed by atoms with Crippen molar-refractivity contribution < 1.29 is 27.5 Å². The number of amides is 1. The summed E-state index contributed by atoms with van der Waals surface area (Å²) in [5, 5.41) is 10.9. The zero-order chi connectivity index (χ0) is 14.2. The average Bonchev–Trinajstić information content (AvgIpc) is 2.23. The molecule has 0 saturated carbocycles. The number of hydrazone groups is 1. The molecule has 100 valence electrons. The van der Waals surface area contributed by atoms with Crippen LogP contribution in [-0.4, -0.2) is 30.4 Å². The lowest BCUT2D eigenvalue weighted by Crippen LogP contribution is -2.30. The summed E-state index contributed by atoms with van der Waals surface area (Å²) in [6.07, 6.45) is -6.61. The molecule has 0 aliphatic carbocycles. The van der Waals surface area contributed by atoms with Gasteiger partial charge in [-0.2, -0.15) is 23.5 Å². The third-order valence-corrected chi connectivity index (χ3v) is 1.50. The summed E-state index contributed by atoms with van der Waals surface area (Å²) in [6, 6.07) is 1.44. The van der Waals surface area contributed by atoms with Crippen LogP contribution in [0.25, 0.3) is 0 Å².